The Bertz CT molecular complexity index is 267. The summed E-state index contributed by atoms with van der Waals surface area (Å²) in [4.78, 5) is 6.99. The van der Waals surface area contributed by atoms with Gasteiger partial charge in [-0.3, -0.25) is 4.99 Å². The first kappa shape index (κ1) is 17.5. The standard InChI is InChI=1S/C13H24N4.HI/c1-3-8-15-13(14-4-2)16-9-12-17-10-6-5-7-11-17;/h1H,4-12H2,2H3,(H2,14,15,16);1H. The zero-order valence-corrected chi connectivity index (χ0v) is 13.6. The number of hydrogen-bond donors (Lipinski definition) is 2. The van der Waals surface area contributed by atoms with Gasteiger partial charge in [-0.1, -0.05) is 12.3 Å². The molecule has 0 bridgehead atoms. The number of piperidine rings is 1. The molecule has 2 N–H and O–H groups in total. The van der Waals surface area contributed by atoms with E-state index in [1.54, 1.807) is 0 Å². The number of nitrogens with one attached hydrogen (secondary N) is 2. The van der Waals surface area contributed by atoms with Crippen molar-refractivity contribution in [1.82, 2.24) is 15.5 Å². The van der Waals surface area contributed by atoms with Crippen molar-refractivity contribution in [1.29, 1.82) is 0 Å². The third-order valence-electron chi connectivity index (χ3n) is 2.84. The predicted molar refractivity (Wildman–Crippen MR) is 88.5 cm³/mol. The topological polar surface area (TPSA) is 39.7 Å². The summed E-state index contributed by atoms with van der Waals surface area (Å²) in [7, 11) is 0. The lowest BCUT2D eigenvalue weighted by Gasteiger charge is -2.25. The van der Waals surface area contributed by atoms with Gasteiger partial charge < -0.3 is 15.5 Å². The number of aliphatic imine (C=N–C) groups is 1. The lowest BCUT2D eigenvalue weighted by Crippen LogP contribution is -2.38. The molecule has 0 unspecified atom stereocenters. The Hall–Kier alpha value is -0.480. The van der Waals surface area contributed by atoms with Gasteiger partial charge in [0.05, 0.1) is 13.1 Å². The Labute approximate surface area is 128 Å². The summed E-state index contributed by atoms with van der Waals surface area (Å²) in [6, 6.07) is 0. The average Bonchev–Trinajstić information content (AvgIpc) is 2.37. The number of nitrogens with zero attached hydrogens (tertiary/aromatic N) is 2. The minimum atomic E-state index is 0. The van der Waals surface area contributed by atoms with Crippen LogP contribution in [0.3, 0.4) is 0 Å². The number of hydrogen-bond acceptors (Lipinski definition) is 2. The first-order valence-corrected chi connectivity index (χ1v) is 6.54. The highest BCUT2D eigenvalue weighted by molar-refractivity contribution is 14.0. The zero-order valence-electron chi connectivity index (χ0n) is 11.2. The van der Waals surface area contributed by atoms with E-state index in [-0.39, 0.29) is 24.0 Å². The fraction of sp³-hybridized carbons (Fsp3) is 0.769. The molecule has 1 aliphatic heterocycles. The van der Waals surface area contributed by atoms with Crippen LogP contribution < -0.4 is 10.6 Å². The minimum absolute atomic E-state index is 0. The molecule has 1 rings (SSSR count). The number of likely N-dealkylation sites (tertiary alicyclic amines) is 1. The average molecular weight is 364 g/mol. The molecule has 0 spiro atoms. The molecule has 4 nitrogen and oxygen atoms in total. The molecule has 18 heavy (non-hydrogen) atoms. The number of halogens is 1. The van der Waals surface area contributed by atoms with Gasteiger partial charge in [0.15, 0.2) is 5.96 Å². The summed E-state index contributed by atoms with van der Waals surface area (Å²) < 4.78 is 0. The molecule has 1 aliphatic rings. The van der Waals surface area contributed by atoms with Crippen molar-refractivity contribution in [3.8, 4) is 12.3 Å². The Morgan fingerprint density at radius 1 is 1.28 bits per heavy atom. The second-order valence-electron chi connectivity index (χ2n) is 4.22. The summed E-state index contributed by atoms with van der Waals surface area (Å²) in [5, 5.41) is 6.27. The molecule has 0 aromatic rings. The molecular weight excluding hydrogens is 339 g/mol. The third-order valence-corrected chi connectivity index (χ3v) is 2.84. The van der Waals surface area contributed by atoms with E-state index in [0.717, 1.165) is 25.6 Å². The highest BCUT2D eigenvalue weighted by Crippen LogP contribution is 2.07. The molecule has 0 aliphatic carbocycles. The summed E-state index contributed by atoms with van der Waals surface area (Å²) in [6.07, 6.45) is 9.26. The molecule has 1 fully saturated rings. The van der Waals surface area contributed by atoms with Gasteiger partial charge in [-0.2, -0.15) is 0 Å². The van der Waals surface area contributed by atoms with E-state index in [0.29, 0.717) is 6.54 Å². The van der Waals surface area contributed by atoms with Gasteiger partial charge in [-0.05, 0) is 32.9 Å². The van der Waals surface area contributed by atoms with Crippen LogP contribution in [0.2, 0.25) is 0 Å². The predicted octanol–water partition coefficient (Wildman–Crippen LogP) is 1.28. The van der Waals surface area contributed by atoms with Crippen LogP contribution in [0.1, 0.15) is 26.2 Å². The maximum atomic E-state index is 5.22. The maximum Gasteiger partial charge on any atom is 0.192 e. The monoisotopic (exact) mass is 364 g/mol. The SMILES string of the molecule is C#CCNC(=NCCN1CCCCC1)NCC.I. The second-order valence-corrected chi connectivity index (χ2v) is 4.22. The Kier molecular flexibility index (Phi) is 11.3. The van der Waals surface area contributed by atoms with Crippen molar-refractivity contribution in [3.05, 3.63) is 0 Å². The quantitative estimate of drug-likeness (QED) is 0.334. The molecule has 0 saturated carbocycles. The van der Waals surface area contributed by atoms with Gasteiger partial charge in [0.1, 0.15) is 0 Å². The van der Waals surface area contributed by atoms with Gasteiger partial charge in [0.25, 0.3) is 0 Å². The van der Waals surface area contributed by atoms with Crippen molar-refractivity contribution in [3.63, 3.8) is 0 Å². The molecule has 0 aromatic heterocycles. The van der Waals surface area contributed by atoms with Crippen molar-refractivity contribution in [2.75, 3.05) is 39.3 Å². The number of rotatable bonds is 5. The van der Waals surface area contributed by atoms with Crippen LogP contribution in [0.25, 0.3) is 0 Å². The Balaban J connectivity index is 0.00000289. The van der Waals surface area contributed by atoms with E-state index >= 15 is 0 Å². The van der Waals surface area contributed by atoms with E-state index in [1.165, 1.54) is 32.4 Å². The van der Waals surface area contributed by atoms with E-state index in [1.807, 2.05) is 0 Å². The van der Waals surface area contributed by atoms with Crippen LogP contribution in [0.4, 0.5) is 0 Å². The van der Waals surface area contributed by atoms with Gasteiger partial charge in [0, 0.05) is 13.1 Å². The highest BCUT2D eigenvalue weighted by atomic mass is 127. The summed E-state index contributed by atoms with van der Waals surface area (Å²) in [5.41, 5.74) is 0. The number of terminal acetylenes is 1. The second kappa shape index (κ2) is 11.6. The third kappa shape index (κ3) is 7.77. The lowest BCUT2D eigenvalue weighted by molar-refractivity contribution is 0.235. The lowest BCUT2D eigenvalue weighted by atomic mass is 10.1. The van der Waals surface area contributed by atoms with Gasteiger partial charge in [0.2, 0.25) is 0 Å². The smallest absolute Gasteiger partial charge is 0.192 e. The zero-order chi connectivity index (χ0) is 12.3. The van der Waals surface area contributed by atoms with Gasteiger partial charge >= 0.3 is 0 Å². The highest BCUT2D eigenvalue weighted by Gasteiger charge is 2.08. The van der Waals surface area contributed by atoms with E-state index < -0.39 is 0 Å². The molecule has 1 saturated heterocycles. The minimum Gasteiger partial charge on any atom is -0.357 e. The van der Waals surface area contributed by atoms with E-state index in [4.69, 9.17) is 6.42 Å². The fourth-order valence-corrected chi connectivity index (χ4v) is 1.96. The number of guanidine groups is 1. The Morgan fingerprint density at radius 2 is 2.00 bits per heavy atom. The van der Waals surface area contributed by atoms with Gasteiger partial charge in [-0.15, -0.1) is 30.4 Å². The van der Waals surface area contributed by atoms with Crippen LogP contribution in [0, 0.1) is 12.3 Å². The largest absolute Gasteiger partial charge is 0.357 e. The maximum absolute atomic E-state index is 5.22. The van der Waals surface area contributed by atoms with Crippen LogP contribution in [0.15, 0.2) is 4.99 Å². The van der Waals surface area contributed by atoms with Crippen LogP contribution in [-0.4, -0.2) is 50.1 Å². The normalized spacial score (nSPS) is 16.6. The first-order chi connectivity index (χ1) is 8.36. The van der Waals surface area contributed by atoms with Crippen LogP contribution in [0.5, 0.6) is 0 Å². The summed E-state index contributed by atoms with van der Waals surface area (Å²) in [5.74, 6) is 3.38. The summed E-state index contributed by atoms with van der Waals surface area (Å²) in [6.45, 7) is 7.77. The first-order valence-electron chi connectivity index (χ1n) is 6.54. The molecular formula is C13H25IN4. The summed E-state index contributed by atoms with van der Waals surface area (Å²) >= 11 is 0. The van der Waals surface area contributed by atoms with E-state index in [2.05, 4.69) is 33.4 Å². The van der Waals surface area contributed by atoms with Crippen LogP contribution >= 0.6 is 24.0 Å². The van der Waals surface area contributed by atoms with Gasteiger partial charge in [-0.25, -0.2) is 0 Å². The fourth-order valence-electron chi connectivity index (χ4n) is 1.96. The van der Waals surface area contributed by atoms with Crippen molar-refractivity contribution < 1.29 is 0 Å². The molecule has 104 valence electrons. The van der Waals surface area contributed by atoms with Crippen LogP contribution in [-0.2, 0) is 0 Å². The van der Waals surface area contributed by atoms with Crippen molar-refractivity contribution in [2.45, 2.75) is 26.2 Å². The van der Waals surface area contributed by atoms with Crippen molar-refractivity contribution in [2.24, 2.45) is 4.99 Å². The van der Waals surface area contributed by atoms with Crippen molar-refractivity contribution >= 4 is 29.9 Å². The molecule has 0 atom stereocenters. The molecule has 0 amide bonds. The van der Waals surface area contributed by atoms with E-state index in [9.17, 15) is 0 Å². The molecule has 5 heteroatoms. The molecule has 1 heterocycles. The molecule has 0 radical (unpaired) electrons. The molecule has 0 aromatic carbocycles. The Morgan fingerprint density at radius 3 is 2.61 bits per heavy atom.